The number of nitrogens with one attached hydrogen (secondary N) is 1. The fourth-order valence-corrected chi connectivity index (χ4v) is 3.31. The number of carbonyl (C=O) groups is 2. The third kappa shape index (κ3) is 6.10. The molecule has 0 radical (unpaired) electrons. The van der Waals surface area contributed by atoms with Gasteiger partial charge in [0.2, 0.25) is 0 Å². The van der Waals surface area contributed by atoms with E-state index in [0.717, 1.165) is 6.42 Å². The molecule has 1 N–H and O–H groups in total. The van der Waals surface area contributed by atoms with Crippen molar-refractivity contribution < 1.29 is 27.9 Å². The van der Waals surface area contributed by atoms with Gasteiger partial charge in [0.1, 0.15) is 0 Å². The number of carboxylic acid groups (broad SMARTS) is 1. The average molecular weight is 390 g/mol. The first-order valence-corrected chi connectivity index (χ1v) is 9.89. The summed E-state index contributed by atoms with van der Waals surface area (Å²) in [7, 11) is -3.80. The number of aliphatic carboxylic acids is 1. The smallest absolute Gasteiger partial charge is 0.338 e. The van der Waals surface area contributed by atoms with Gasteiger partial charge in [0.05, 0.1) is 17.1 Å². The summed E-state index contributed by atoms with van der Waals surface area (Å²) in [5, 5.41) is 10.5. The van der Waals surface area contributed by atoms with E-state index in [1.165, 1.54) is 36.4 Å². The molecule has 2 aromatic carbocycles. The molecule has 0 aliphatic carbocycles. The maximum absolute atomic E-state index is 12.4. The quantitative estimate of drug-likeness (QED) is 0.653. The number of hydrogen-bond acceptors (Lipinski definition) is 6. The number of ether oxygens (including phenoxy) is 1. The maximum atomic E-state index is 12.4. The maximum Gasteiger partial charge on any atom is 0.338 e. The van der Waals surface area contributed by atoms with E-state index in [1.807, 2.05) is 6.92 Å². The van der Waals surface area contributed by atoms with Gasteiger partial charge in [-0.25, -0.2) is 13.2 Å². The second kappa shape index (κ2) is 9.18. The third-order valence-corrected chi connectivity index (χ3v) is 5.06. The normalized spacial score (nSPS) is 11.0. The van der Waals surface area contributed by atoms with E-state index < -0.39 is 22.0 Å². The lowest BCUT2D eigenvalue weighted by molar-refractivity contribution is -0.305. The zero-order valence-electron chi connectivity index (χ0n) is 14.8. The Labute approximate surface area is 158 Å². The van der Waals surface area contributed by atoms with Crippen molar-refractivity contribution in [2.75, 3.05) is 11.3 Å². The van der Waals surface area contributed by atoms with Gasteiger partial charge in [-0.2, -0.15) is 0 Å². The molecule has 0 atom stereocenters. The minimum Gasteiger partial charge on any atom is -0.550 e. The number of carboxylic acids is 1. The summed E-state index contributed by atoms with van der Waals surface area (Å²) in [5.41, 5.74) is 1.35. The summed E-state index contributed by atoms with van der Waals surface area (Å²) in [5.74, 6) is -1.62. The highest BCUT2D eigenvalue weighted by molar-refractivity contribution is 7.92. The number of esters is 1. The molecular weight excluding hydrogens is 370 g/mol. The van der Waals surface area contributed by atoms with Crippen molar-refractivity contribution >= 4 is 27.6 Å². The highest BCUT2D eigenvalue weighted by Crippen LogP contribution is 2.18. The van der Waals surface area contributed by atoms with Crippen LogP contribution in [0.5, 0.6) is 0 Å². The fourth-order valence-electron chi connectivity index (χ4n) is 2.25. The SMILES string of the molecule is CCCOC(=O)c1ccc(NS(=O)(=O)c2ccc(CCC(=O)[O-])cc2)cc1. The van der Waals surface area contributed by atoms with Crippen molar-refractivity contribution in [2.45, 2.75) is 31.1 Å². The minimum absolute atomic E-state index is 0.0473. The van der Waals surface area contributed by atoms with Gasteiger partial charge in [-0.1, -0.05) is 19.1 Å². The second-order valence-corrected chi connectivity index (χ2v) is 7.52. The molecule has 0 unspecified atom stereocenters. The molecule has 2 rings (SSSR count). The van der Waals surface area contributed by atoms with Crippen LogP contribution in [0.3, 0.4) is 0 Å². The molecule has 0 saturated carbocycles. The Morgan fingerprint density at radius 2 is 1.67 bits per heavy atom. The molecule has 2 aromatic rings. The monoisotopic (exact) mass is 390 g/mol. The van der Waals surface area contributed by atoms with Gasteiger partial charge in [-0.05, 0) is 61.2 Å². The van der Waals surface area contributed by atoms with Crippen LogP contribution < -0.4 is 9.83 Å². The molecule has 0 amide bonds. The van der Waals surface area contributed by atoms with Gasteiger partial charge in [-0.3, -0.25) is 4.72 Å². The number of aryl methyl sites for hydroxylation is 1. The van der Waals surface area contributed by atoms with Crippen molar-refractivity contribution in [3.8, 4) is 0 Å². The molecule has 8 heteroatoms. The standard InChI is InChI=1S/C19H21NO6S/c1-2-13-26-19(23)15-6-8-16(9-7-15)20-27(24,25)17-10-3-14(4-11-17)5-12-18(21)22/h3-4,6-11,20H,2,5,12-13H2,1H3,(H,21,22)/p-1. The zero-order valence-corrected chi connectivity index (χ0v) is 15.6. The second-order valence-electron chi connectivity index (χ2n) is 5.83. The lowest BCUT2D eigenvalue weighted by Crippen LogP contribution is -2.22. The lowest BCUT2D eigenvalue weighted by atomic mass is 10.1. The summed E-state index contributed by atoms with van der Waals surface area (Å²) in [6.45, 7) is 2.22. The first-order chi connectivity index (χ1) is 12.8. The van der Waals surface area contributed by atoms with Crippen LogP contribution in [0.4, 0.5) is 5.69 Å². The lowest BCUT2D eigenvalue weighted by Gasteiger charge is -2.10. The predicted octanol–water partition coefficient (Wildman–Crippen LogP) is 1.74. The summed E-state index contributed by atoms with van der Waals surface area (Å²) in [6, 6.07) is 11.9. The Hall–Kier alpha value is -2.87. The van der Waals surface area contributed by atoms with Gasteiger partial charge in [0.25, 0.3) is 10.0 Å². The van der Waals surface area contributed by atoms with Crippen LogP contribution in [-0.4, -0.2) is 27.0 Å². The first kappa shape index (κ1) is 20.4. The van der Waals surface area contributed by atoms with Crippen molar-refractivity contribution in [1.82, 2.24) is 0 Å². The molecule has 0 spiro atoms. The van der Waals surface area contributed by atoms with Crippen LogP contribution in [0.1, 0.15) is 35.7 Å². The van der Waals surface area contributed by atoms with Crippen LogP contribution >= 0.6 is 0 Å². The van der Waals surface area contributed by atoms with E-state index in [0.29, 0.717) is 23.4 Å². The number of hydrogen-bond donors (Lipinski definition) is 1. The topological polar surface area (TPSA) is 113 Å². The molecule has 0 aliphatic rings. The number of carbonyl (C=O) groups excluding carboxylic acids is 2. The molecule has 144 valence electrons. The molecule has 0 aliphatic heterocycles. The summed E-state index contributed by atoms with van der Waals surface area (Å²) < 4.78 is 32.3. The minimum atomic E-state index is -3.80. The van der Waals surface area contributed by atoms with Crippen molar-refractivity contribution in [3.05, 3.63) is 59.7 Å². The number of benzene rings is 2. The van der Waals surface area contributed by atoms with Gasteiger partial charge in [-0.15, -0.1) is 0 Å². The van der Waals surface area contributed by atoms with E-state index in [1.54, 1.807) is 12.1 Å². The number of sulfonamides is 1. The van der Waals surface area contributed by atoms with Crippen LogP contribution in [0.25, 0.3) is 0 Å². The first-order valence-electron chi connectivity index (χ1n) is 8.40. The van der Waals surface area contributed by atoms with Gasteiger partial charge >= 0.3 is 5.97 Å². The van der Waals surface area contributed by atoms with E-state index >= 15 is 0 Å². The highest BCUT2D eigenvalue weighted by atomic mass is 32.2. The van der Waals surface area contributed by atoms with Gasteiger partial charge < -0.3 is 14.6 Å². The Morgan fingerprint density at radius 1 is 1.04 bits per heavy atom. The van der Waals surface area contributed by atoms with E-state index in [2.05, 4.69) is 4.72 Å². The Kier molecular flexibility index (Phi) is 6.95. The molecule has 0 bridgehead atoms. The van der Waals surface area contributed by atoms with Crippen molar-refractivity contribution in [2.24, 2.45) is 0 Å². The number of rotatable bonds is 9. The van der Waals surface area contributed by atoms with E-state index in [4.69, 9.17) is 4.74 Å². The molecule has 27 heavy (non-hydrogen) atoms. The summed E-state index contributed by atoms with van der Waals surface area (Å²) >= 11 is 0. The van der Waals surface area contributed by atoms with Crippen LogP contribution in [-0.2, 0) is 26.0 Å². The highest BCUT2D eigenvalue weighted by Gasteiger charge is 2.15. The molecule has 0 aromatic heterocycles. The summed E-state index contributed by atoms with van der Waals surface area (Å²) in [6.07, 6.45) is 0.860. The zero-order chi connectivity index (χ0) is 19.9. The van der Waals surface area contributed by atoms with Gasteiger partial charge in [0.15, 0.2) is 0 Å². The number of anilines is 1. The molecular formula is C19H20NO6S-. The van der Waals surface area contributed by atoms with Crippen molar-refractivity contribution in [3.63, 3.8) is 0 Å². The van der Waals surface area contributed by atoms with Crippen LogP contribution in [0, 0.1) is 0 Å². The van der Waals surface area contributed by atoms with Crippen LogP contribution in [0.15, 0.2) is 53.4 Å². The Morgan fingerprint density at radius 3 is 2.22 bits per heavy atom. The molecule has 7 nitrogen and oxygen atoms in total. The summed E-state index contributed by atoms with van der Waals surface area (Å²) in [4.78, 5) is 22.3. The van der Waals surface area contributed by atoms with E-state index in [9.17, 15) is 23.1 Å². The fraction of sp³-hybridized carbons (Fsp3) is 0.263. The van der Waals surface area contributed by atoms with E-state index in [-0.39, 0.29) is 17.7 Å². The van der Waals surface area contributed by atoms with Crippen molar-refractivity contribution in [1.29, 1.82) is 0 Å². The largest absolute Gasteiger partial charge is 0.550 e. The Bertz CT molecular complexity index is 889. The predicted molar refractivity (Wildman–Crippen MR) is 97.6 cm³/mol. The molecule has 0 saturated heterocycles. The Balaban J connectivity index is 2.05. The third-order valence-electron chi connectivity index (χ3n) is 3.66. The molecule has 0 heterocycles. The van der Waals surface area contributed by atoms with Crippen LogP contribution in [0.2, 0.25) is 0 Å². The average Bonchev–Trinajstić information content (AvgIpc) is 2.65. The molecule has 0 fully saturated rings. The van der Waals surface area contributed by atoms with Gasteiger partial charge in [0, 0.05) is 11.7 Å².